The number of rotatable bonds is 11. The van der Waals surface area contributed by atoms with Gasteiger partial charge in [-0.15, -0.1) is 11.3 Å². The molecule has 4 aromatic carbocycles. The lowest BCUT2D eigenvalue weighted by Gasteiger charge is -2.20. The predicted molar refractivity (Wildman–Crippen MR) is 212 cm³/mol. The summed E-state index contributed by atoms with van der Waals surface area (Å²) < 4.78 is 39.5. The van der Waals surface area contributed by atoms with Crippen molar-refractivity contribution in [3.8, 4) is 21.7 Å². The van der Waals surface area contributed by atoms with Crippen molar-refractivity contribution in [3.05, 3.63) is 133 Å². The summed E-state index contributed by atoms with van der Waals surface area (Å²) in [5.41, 5.74) is 4.48. The molecule has 0 atom stereocenters. The van der Waals surface area contributed by atoms with Crippen LogP contribution in [-0.2, 0) is 23.2 Å². The molecule has 0 radical (unpaired) electrons. The van der Waals surface area contributed by atoms with Crippen LogP contribution in [0.1, 0.15) is 31.7 Å². The minimum atomic E-state index is -4.27. The number of aromatic nitrogens is 2. The van der Waals surface area contributed by atoms with Gasteiger partial charge in [-0.05, 0) is 73.4 Å². The summed E-state index contributed by atoms with van der Waals surface area (Å²) in [5.74, 6) is -0.378. The normalized spacial score (nSPS) is 14.6. The number of nitrogens with zero attached hydrogens (tertiary/aromatic N) is 3. The van der Waals surface area contributed by atoms with Crippen LogP contribution >= 0.6 is 34.4 Å². The topological polar surface area (TPSA) is 86.3 Å². The van der Waals surface area contributed by atoms with Gasteiger partial charge in [0, 0.05) is 29.3 Å². The smallest absolute Gasteiger partial charge is 0.269 e. The molecule has 7 nitrogen and oxygen atoms in total. The van der Waals surface area contributed by atoms with Gasteiger partial charge in [0.25, 0.3) is 10.6 Å². The molecule has 3 heterocycles. The Morgan fingerprint density at radius 1 is 0.824 bits per heavy atom. The van der Waals surface area contributed by atoms with Crippen molar-refractivity contribution in [3.63, 3.8) is 0 Å². The Labute approximate surface area is 309 Å². The molecule has 51 heavy (non-hydrogen) atoms. The third kappa shape index (κ3) is 7.40. The van der Waals surface area contributed by atoms with Gasteiger partial charge in [-0.1, -0.05) is 102 Å². The van der Waals surface area contributed by atoms with Crippen LogP contribution in [0.25, 0.3) is 44.6 Å². The van der Waals surface area contributed by atoms with Crippen LogP contribution in [0.2, 0.25) is 0 Å². The zero-order chi connectivity index (χ0) is 35.5. The van der Waals surface area contributed by atoms with Crippen molar-refractivity contribution in [2.24, 2.45) is 0 Å². The molecule has 7 rings (SSSR count). The second kappa shape index (κ2) is 15.1. The van der Waals surface area contributed by atoms with Gasteiger partial charge < -0.3 is 9.45 Å². The summed E-state index contributed by atoms with van der Waals surface area (Å²) in [6.45, 7) is 6.03. The third-order valence-electron chi connectivity index (χ3n) is 8.88. The lowest BCUT2D eigenvalue weighted by atomic mass is 10.1. The van der Waals surface area contributed by atoms with E-state index in [-0.39, 0.29) is 17.7 Å². The summed E-state index contributed by atoms with van der Waals surface area (Å²) in [6.07, 6.45) is 6.89. The van der Waals surface area contributed by atoms with Crippen molar-refractivity contribution < 1.29 is 17.5 Å². The molecule has 260 valence electrons. The summed E-state index contributed by atoms with van der Waals surface area (Å²) >= 11 is 4.87. The van der Waals surface area contributed by atoms with E-state index in [0.717, 1.165) is 59.4 Å². The standard InChI is InChI=1S/C40H37N3O4S4/c1-3-41-35(50-38(30-18-9-6-10-19-30)37(41)29-16-7-5-8-17-29)27-36-42(4-2)40(44)33(48-36)23-24-34-43(25-13-14-26-51(45,46)47)32-22-21-28-15-11-12-20-31(28)39(32)49-34/h5-12,15-24,27H,3-4,13-14,25-26H2,1-2H3/b33-23+,34-24?. The maximum absolute atomic E-state index is 13.8. The molecule has 1 aliphatic heterocycles. The Morgan fingerprint density at radius 2 is 1.53 bits per heavy atom. The Morgan fingerprint density at radius 3 is 2.24 bits per heavy atom. The van der Waals surface area contributed by atoms with Crippen molar-refractivity contribution in [1.29, 1.82) is 0 Å². The molecule has 0 saturated heterocycles. The average Bonchev–Trinajstić information content (AvgIpc) is 3.79. The Hall–Kier alpha value is -4.26. The number of unbranched alkanes of at least 4 members (excludes halogenated alkanes) is 1. The molecule has 6 aromatic rings. The lowest BCUT2D eigenvalue weighted by Crippen LogP contribution is -2.36. The van der Waals surface area contributed by atoms with Crippen LogP contribution < -0.4 is 24.2 Å². The van der Waals surface area contributed by atoms with E-state index in [4.69, 9.17) is 0 Å². The highest BCUT2D eigenvalue weighted by molar-refractivity contribution is 8.04. The quantitative estimate of drug-likeness (QED) is 0.0793. The van der Waals surface area contributed by atoms with E-state index in [1.54, 1.807) is 23.1 Å². The van der Waals surface area contributed by atoms with Gasteiger partial charge in [0.05, 0.1) is 31.4 Å². The van der Waals surface area contributed by atoms with Gasteiger partial charge in [0.15, 0.2) is 0 Å². The molecule has 0 spiro atoms. The molecule has 0 aliphatic carbocycles. The molecule has 2 aromatic heterocycles. The summed E-state index contributed by atoms with van der Waals surface area (Å²) in [7, 11) is -4.27. The second-order valence-electron chi connectivity index (χ2n) is 12.1. The third-order valence-corrected chi connectivity index (χ3v) is 13.1. The van der Waals surface area contributed by atoms with E-state index in [2.05, 4.69) is 95.3 Å². The van der Waals surface area contributed by atoms with Crippen LogP contribution in [0.3, 0.4) is 0 Å². The second-order valence-corrected chi connectivity index (χ2v) is 16.8. The van der Waals surface area contributed by atoms with Crippen LogP contribution in [0.15, 0.2) is 118 Å². The predicted octanol–water partition coefficient (Wildman–Crippen LogP) is 7.17. The molecule has 1 aliphatic rings. The first-order valence-corrected chi connectivity index (χ1v) is 21.0. The van der Waals surface area contributed by atoms with Crippen molar-refractivity contribution in [1.82, 2.24) is 4.57 Å². The SMILES string of the molecule is CCn1c(=Cc2sc(-c3ccccc3)c(-c3ccccc3)[n+]2CC)s/c(=C/C=C2Sc3c(ccc4ccccc34)N2CCCCS(=O)(=O)[O-])c1=O. The number of hydrogen-bond acceptors (Lipinski definition) is 8. The maximum atomic E-state index is 13.8. The molecule has 0 saturated carbocycles. The summed E-state index contributed by atoms with van der Waals surface area (Å²) in [6, 6.07) is 33.4. The molecule has 0 amide bonds. The number of allylic oxidation sites excluding steroid dienone is 1. The van der Waals surface area contributed by atoms with Crippen molar-refractivity contribution in [2.75, 3.05) is 17.2 Å². The van der Waals surface area contributed by atoms with E-state index in [0.29, 0.717) is 24.0 Å². The number of thioether (sulfide) groups is 1. The van der Waals surface area contributed by atoms with Gasteiger partial charge in [-0.2, -0.15) is 4.57 Å². The van der Waals surface area contributed by atoms with E-state index in [1.165, 1.54) is 16.2 Å². The van der Waals surface area contributed by atoms with Gasteiger partial charge in [-0.25, -0.2) is 8.42 Å². The molecule has 0 N–H and O–H groups in total. The summed E-state index contributed by atoms with van der Waals surface area (Å²) in [4.78, 5) is 18.3. The zero-order valence-corrected chi connectivity index (χ0v) is 31.6. The van der Waals surface area contributed by atoms with E-state index < -0.39 is 10.1 Å². The number of fused-ring (bicyclic) bond motifs is 3. The van der Waals surface area contributed by atoms with Crippen LogP contribution in [-0.4, -0.2) is 29.8 Å². The fourth-order valence-electron chi connectivity index (χ4n) is 6.47. The highest BCUT2D eigenvalue weighted by atomic mass is 32.2. The molecule has 0 bridgehead atoms. The first kappa shape index (κ1) is 35.2. The Bertz CT molecular complexity index is 2540. The highest BCUT2D eigenvalue weighted by Crippen LogP contribution is 2.49. The zero-order valence-electron chi connectivity index (χ0n) is 28.3. The molecule has 0 fully saturated rings. The summed E-state index contributed by atoms with van der Waals surface area (Å²) in [5, 5.41) is 4.31. The van der Waals surface area contributed by atoms with Gasteiger partial charge >= 0.3 is 0 Å². The number of anilines is 1. The highest BCUT2D eigenvalue weighted by Gasteiger charge is 2.28. The fourth-order valence-corrected chi connectivity index (χ4v) is 10.7. The molecular formula is C40H37N3O4S4. The minimum Gasteiger partial charge on any atom is -0.748 e. The van der Waals surface area contributed by atoms with E-state index >= 15 is 0 Å². The van der Waals surface area contributed by atoms with E-state index in [9.17, 15) is 17.8 Å². The Kier molecular flexibility index (Phi) is 10.4. The van der Waals surface area contributed by atoms with E-state index in [1.807, 2.05) is 47.9 Å². The van der Waals surface area contributed by atoms with Gasteiger partial charge in [0.1, 0.15) is 16.1 Å². The monoisotopic (exact) mass is 751 g/mol. The van der Waals surface area contributed by atoms with Crippen LogP contribution in [0.4, 0.5) is 5.69 Å². The van der Waals surface area contributed by atoms with Crippen LogP contribution in [0, 0.1) is 0 Å². The van der Waals surface area contributed by atoms with Crippen molar-refractivity contribution >= 4 is 73.2 Å². The number of thiazole rings is 2. The number of hydrogen-bond donors (Lipinski definition) is 0. The molecule has 11 heteroatoms. The Balaban J connectivity index is 1.31. The molecule has 0 unspecified atom stereocenters. The minimum absolute atomic E-state index is 0.0325. The van der Waals surface area contributed by atoms with Crippen LogP contribution in [0.5, 0.6) is 0 Å². The van der Waals surface area contributed by atoms with Gasteiger partial charge in [0.2, 0.25) is 5.69 Å². The lowest BCUT2D eigenvalue weighted by molar-refractivity contribution is -0.679. The molecular weight excluding hydrogens is 715 g/mol. The largest absolute Gasteiger partial charge is 0.748 e. The average molecular weight is 752 g/mol. The maximum Gasteiger partial charge on any atom is 0.269 e. The fraction of sp³-hybridized carbons (Fsp3) is 0.200. The first-order valence-electron chi connectivity index (χ1n) is 17.0. The number of benzene rings is 4. The van der Waals surface area contributed by atoms with Crippen molar-refractivity contribution in [2.45, 2.75) is 44.7 Å². The van der Waals surface area contributed by atoms with Gasteiger partial charge in [-0.3, -0.25) is 9.36 Å². The first-order chi connectivity index (χ1) is 24.8.